The summed E-state index contributed by atoms with van der Waals surface area (Å²) in [6.45, 7) is 6.04. The highest BCUT2D eigenvalue weighted by molar-refractivity contribution is 5.74. The lowest BCUT2D eigenvalue weighted by molar-refractivity contribution is 0.128. The van der Waals surface area contributed by atoms with Crippen LogP contribution in [0.3, 0.4) is 0 Å². The third-order valence-electron chi connectivity index (χ3n) is 3.56. The lowest BCUT2D eigenvalue weighted by Gasteiger charge is -2.27. The largest absolute Gasteiger partial charge is 0.393 e. The van der Waals surface area contributed by atoms with Crippen LogP contribution in [0.1, 0.15) is 38.8 Å². The van der Waals surface area contributed by atoms with Crippen LogP contribution in [0.5, 0.6) is 0 Å². The minimum atomic E-state index is -0.978. The van der Waals surface area contributed by atoms with E-state index in [1.165, 1.54) is 13.2 Å². The summed E-state index contributed by atoms with van der Waals surface area (Å²) < 4.78 is 31.5. The summed E-state index contributed by atoms with van der Waals surface area (Å²) in [4.78, 5) is 12.1. The Labute approximate surface area is 141 Å². The quantitative estimate of drug-likeness (QED) is 0.679. The number of amides is 2. The molecule has 2 unspecified atom stereocenters. The maximum atomic E-state index is 13.4. The zero-order valence-corrected chi connectivity index (χ0v) is 14.5. The zero-order chi connectivity index (χ0) is 18.3. The molecule has 1 aromatic carbocycles. The number of methoxy groups -OCH3 is 1. The van der Waals surface area contributed by atoms with Gasteiger partial charge < -0.3 is 20.5 Å². The van der Waals surface area contributed by atoms with Gasteiger partial charge >= 0.3 is 6.03 Å². The fourth-order valence-electron chi connectivity index (χ4n) is 2.52. The maximum absolute atomic E-state index is 13.4. The van der Waals surface area contributed by atoms with Gasteiger partial charge in [-0.3, -0.25) is 0 Å². The van der Waals surface area contributed by atoms with Crippen LogP contribution in [0.15, 0.2) is 18.2 Å². The number of halogens is 2. The van der Waals surface area contributed by atoms with Gasteiger partial charge in [0.2, 0.25) is 0 Å². The fraction of sp³-hybridized carbons (Fsp3) is 0.588. The first-order valence-corrected chi connectivity index (χ1v) is 7.81. The molecule has 0 fully saturated rings. The van der Waals surface area contributed by atoms with Crippen LogP contribution in [0.4, 0.5) is 13.6 Å². The molecule has 5 nitrogen and oxygen atoms in total. The van der Waals surface area contributed by atoms with E-state index in [2.05, 4.69) is 10.6 Å². The highest BCUT2D eigenvalue weighted by Crippen LogP contribution is 2.21. The number of urea groups is 1. The van der Waals surface area contributed by atoms with Gasteiger partial charge in [0.15, 0.2) is 11.6 Å². The number of ether oxygens (including phenoxy) is 1. The van der Waals surface area contributed by atoms with Crippen molar-refractivity contribution < 1.29 is 23.4 Å². The SMILES string of the molecule is COCC(NC(=O)NCC(C)(C)CC(C)O)c1ccc(F)c(F)c1. The van der Waals surface area contributed by atoms with E-state index in [1.54, 1.807) is 6.92 Å². The molecule has 2 atom stereocenters. The molecule has 2 amide bonds. The minimum Gasteiger partial charge on any atom is -0.393 e. The van der Waals surface area contributed by atoms with E-state index < -0.39 is 29.8 Å². The average Bonchev–Trinajstić information content (AvgIpc) is 2.46. The summed E-state index contributed by atoms with van der Waals surface area (Å²) in [6, 6.07) is 2.40. The summed E-state index contributed by atoms with van der Waals surface area (Å²) in [5.74, 6) is -1.92. The van der Waals surface area contributed by atoms with Crippen LogP contribution in [0.25, 0.3) is 0 Å². The van der Waals surface area contributed by atoms with E-state index >= 15 is 0 Å². The monoisotopic (exact) mass is 344 g/mol. The van der Waals surface area contributed by atoms with Crippen LogP contribution in [0.2, 0.25) is 0 Å². The van der Waals surface area contributed by atoms with Gasteiger partial charge in [-0.1, -0.05) is 19.9 Å². The molecule has 0 radical (unpaired) electrons. The Bertz CT molecular complexity index is 551. The molecule has 24 heavy (non-hydrogen) atoms. The molecule has 0 bridgehead atoms. The molecule has 0 spiro atoms. The van der Waals surface area contributed by atoms with Gasteiger partial charge in [-0.05, 0) is 36.5 Å². The second kappa shape index (κ2) is 8.94. The van der Waals surface area contributed by atoms with E-state index in [0.717, 1.165) is 12.1 Å². The Balaban J connectivity index is 2.67. The van der Waals surface area contributed by atoms with Gasteiger partial charge in [-0.2, -0.15) is 0 Å². The number of rotatable bonds is 8. The number of aliphatic hydroxyl groups excluding tert-OH is 1. The van der Waals surface area contributed by atoms with Crippen LogP contribution < -0.4 is 10.6 Å². The molecule has 0 aromatic heterocycles. The Morgan fingerprint density at radius 3 is 2.54 bits per heavy atom. The summed E-state index contributed by atoms with van der Waals surface area (Å²) >= 11 is 0. The summed E-state index contributed by atoms with van der Waals surface area (Å²) in [7, 11) is 1.46. The Hall–Kier alpha value is -1.73. The predicted molar refractivity (Wildman–Crippen MR) is 87.6 cm³/mol. The molecule has 0 aliphatic carbocycles. The molecule has 0 saturated heterocycles. The van der Waals surface area contributed by atoms with Crippen LogP contribution in [0, 0.1) is 17.0 Å². The standard InChI is InChI=1S/C17H26F2N2O3/c1-11(22)8-17(2,3)10-20-16(23)21-15(9-24-4)12-5-6-13(18)14(19)7-12/h5-7,11,15,22H,8-10H2,1-4H3,(H2,20,21,23). The minimum absolute atomic E-state index is 0.121. The van der Waals surface area contributed by atoms with Crippen LogP contribution >= 0.6 is 0 Å². The number of hydrogen-bond donors (Lipinski definition) is 3. The fourth-order valence-corrected chi connectivity index (χ4v) is 2.52. The van der Waals surface area contributed by atoms with Gasteiger partial charge in [0.1, 0.15) is 0 Å². The molecule has 0 aliphatic heterocycles. The highest BCUT2D eigenvalue weighted by atomic mass is 19.2. The van der Waals surface area contributed by atoms with Crippen LogP contribution in [-0.4, -0.2) is 37.5 Å². The van der Waals surface area contributed by atoms with Gasteiger partial charge in [0, 0.05) is 13.7 Å². The lowest BCUT2D eigenvalue weighted by Crippen LogP contribution is -2.43. The van der Waals surface area contributed by atoms with E-state index in [1.807, 2.05) is 13.8 Å². The molecule has 0 saturated carbocycles. The zero-order valence-electron chi connectivity index (χ0n) is 14.5. The number of hydrogen-bond acceptors (Lipinski definition) is 3. The van der Waals surface area contributed by atoms with Crippen molar-refractivity contribution in [2.45, 2.75) is 39.3 Å². The first-order chi connectivity index (χ1) is 11.1. The molecule has 1 aromatic rings. The van der Waals surface area contributed by atoms with E-state index in [9.17, 15) is 18.7 Å². The normalized spacial score (nSPS) is 14.1. The second-order valence-corrected chi connectivity index (χ2v) is 6.73. The number of benzene rings is 1. The van der Waals surface area contributed by atoms with Crippen molar-refractivity contribution in [2.24, 2.45) is 5.41 Å². The topological polar surface area (TPSA) is 70.6 Å². The van der Waals surface area contributed by atoms with Crippen molar-refractivity contribution >= 4 is 6.03 Å². The van der Waals surface area contributed by atoms with Crippen molar-refractivity contribution in [3.05, 3.63) is 35.4 Å². The molecular weight excluding hydrogens is 318 g/mol. The van der Waals surface area contributed by atoms with Crippen molar-refractivity contribution in [1.82, 2.24) is 10.6 Å². The lowest BCUT2D eigenvalue weighted by atomic mass is 9.87. The Kier molecular flexibility index (Phi) is 7.57. The third-order valence-corrected chi connectivity index (χ3v) is 3.56. The number of aliphatic hydroxyl groups is 1. The third kappa shape index (κ3) is 6.80. The maximum Gasteiger partial charge on any atom is 0.315 e. The van der Waals surface area contributed by atoms with Crippen molar-refractivity contribution in [3.8, 4) is 0 Å². The van der Waals surface area contributed by atoms with Crippen molar-refractivity contribution in [1.29, 1.82) is 0 Å². The number of carbonyl (C=O) groups excluding carboxylic acids is 1. The molecule has 3 N–H and O–H groups in total. The summed E-state index contributed by atoms with van der Waals surface area (Å²) in [5, 5.41) is 14.9. The molecular formula is C17H26F2N2O3. The van der Waals surface area contributed by atoms with E-state index in [0.29, 0.717) is 18.5 Å². The summed E-state index contributed by atoms with van der Waals surface area (Å²) in [5.41, 5.74) is 0.138. The Morgan fingerprint density at radius 1 is 1.33 bits per heavy atom. The first-order valence-electron chi connectivity index (χ1n) is 7.81. The molecule has 0 aliphatic rings. The van der Waals surface area contributed by atoms with E-state index in [-0.39, 0.29) is 12.0 Å². The molecule has 7 heteroatoms. The van der Waals surface area contributed by atoms with Gasteiger partial charge in [0.05, 0.1) is 18.8 Å². The molecule has 0 heterocycles. The second-order valence-electron chi connectivity index (χ2n) is 6.73. The van der Waals surface area contributed by atoms with Gasteiger partial charge in [0.25, 0.3) is 0 Å². The average molecular weight is 344 g/mol. The molecule has 136 valence electrons. The van der Waals surface area contributed by atoms with Crippen molar-refractivity contribution in [3.63, 3.8) is 0 Å². The van der Waals surface area contributed by atoms with Crippen molar-refractivity contribution in [2.75, 3.05) is 20.3 Å². The van der Waals surface area contributed by atoms with Gasteiger partial charge in [-0.25, -0.2) is 13.6 Å². The van der Waals surface area contributed by atoms with E-state index in [4.69, 9.17) is 4.74 Å². The number of carbonyl (C=O) groups is 1. The highest BCUT2D eigenvalue weighted by Gasteiger charge is 2.22. The Morgan fingerprint density at radius 2 is 2.00 bits per heavy atom. The number of nitrogens with one attached hydrogen (secondary N) is 2. The van der Waals surface area contributed by atoms with Gasteiger partial charge in [-0.15, -0.1) is 0 Å². The summed E-state index contributed by atoms with van der Waals surface area (Å²) in [6.07, 6.45) is 0.0751. The van der Waals surface area contributed by atoms with Crippen LogP contribution in [-0.2, 0) is 4.74 Å². The smallest absolute Gasteiger partial charge is 0.315 e. The molecule has 1 rings (SSSR count). The first kappa shape index (κ1) is 20.3. The predicted octanol–water partition coefficient (Wildman–Crippen LogP) is 2.75.